The Balaban J connectivity index is 2.02. The van der Waals surface area contributed by atoms with Gasteiger partial charge < -0.3 is 15.0 Å². The molecule has 0 bridgehead atoms. The van der Waals surface area contributed by atoms with Crippen LogP contribution in [0.5, 0.6) is 5.75 Å². The standard InChI is InChI=1S/C13H11N5O2/c1-19-8-3-4-10(14)9(7-8)13-17-12(18-20-13)11-15-5-2-6-16-11/h2-7H,14H2,1H3. The lowest BCUT2D eigenvalue weighted by Crippen LogP contribution is -1.92. The molecule has 3 rings (SSSR count). The summed E-state index contributed by atoms with van der Waals surface area (Å²) in [5, 5.41) is 3.85. The average Bonchev–Trinajstić information content (AvgIpc) is 2.98. The fourth-order valence-electron chi connectivity index (χ4n) is 1.69. The Hall–Kier alpha value is -2.96. The highest BCUT2D eigenvalue weighted by Crippen LogP contribution is 2.29. The molecule has 0 aliphatic heterocycles. The van der Waals surface area contributed by atoms with Crippen molar-refractivity contribution in [2.45, 2.75) is 0 Å². The van der Waals surface area contributed by atoms with Crippen molar-refractivity contribution in [3.63, 3.8) is 0 Å². The molecule has 0 aliphatic rings. The first-order valence-electron chi connectivity index (χ1n) is 5.83. The van der Waals surface area contributed by atoms with E-state index in [9.17, 15) is 0 Å². The first kappa shape index (κ1) is 12.1. The van der Waals surface area contributed by atoms with E-state index in [0.717, 1.165) is 0 Å². The van der Waals surface area contributed by atoms with Crippen LogP contribution < -0.4 is 10.5 Å². The van der Waals surface area contributed by atoms with Gasteiger partial charge in [0.1, 0.15) is 5.75 Å². The van der Waals surface area contributed by atoms with Gasteiger partial charge in [-0.15, -0.1) is 0 Å². The van der Waals surface area contributed by atoms with Crippen LogP contribution in [0, 0.1) is 0 Å². The second kappa shape index (κ2) is 4.96. The van der Waals surface area contributed by atoms with E-state index in [1.54, 1.807) is 43.8 Å². The highest BCUT2D eigenvalue weighted by Gasteiger charge is 2.15. The Morgan fingerprint density at radius 1 is 1.15 bits per heavy atom. The van der Waals surface area contributed by atoms with Crippen molar-refractivity contribution in [1.29, 1.82) is 0 Å². The second-order valence-electron chi connectivity index (χ2n) is 3.95. The fraction of sp³-hybridized carbons (Fsp3) is 0.0769. The summed E-state index contributed by atoms with van der Waals surface area (Å²) in [4.78, 5) is 12.4. The van der Waals surface area contributed by atoms with Crippen molar-refractivity contribution in [1.82, 2.24) is 20.1 Å². The highest BCUT2D eigenvalue weighted by molar-refractivity contribution is 5.72. The van der Waals surface area contributed by atoms with E-state index in [4.69, 9.17) is 15.0 Å². The Bertz CT molecular complexity index is 727. The summed E-state index contributed by atoms with van der Waals surface area (Å²) in [5.74, 6) is 1.65. The van der Waals surface area contributed by atoms with Gasteiger partial charge in [0, 0.05) is 18.1 Å². The molecule has 0 aliphatic carbocycles. The quantitative estimate of drug-likeness (QED) is 0.723. The van der Waals surface area contributed by atoms with E-state index in [2.05, 4.69) is 20.1 Å². The second-order valence-corrected chi connectivity index (χ2v) is 3.95. The van der Waals surface area contributed by atoms with Crippen LogP contribution in [-0.2, 0) is 0 Å². The molecule has 0 fully saturated rings. The van der Waals surface area contributed by atoms with Crippen molar-refractivity contribution in [3.05, 3.63) is 36.7 Å². The van der Waals surface area contributed by atoms with Crippen LogP contribution in [0.2, 0.25) is 0 Å². The van der Waals surface area contributed by atoms with Gasteiger partial charge in [0.25, 0.3) is 5.89 Å². The maximum absolute atomic E-state index is 5.91. The minimum Gasteiger partial charge on any atom is -0.497 e. The van der Waals surface area contributed by atoms with Crippen LogP contribution in [0.25, 0.3) is 23.1 Å². The Morgan fingerprint density at radius 3 is 2.70 bits per heavy atom. The number of nitrogens with zero attached hydrogens (tertiary/aromatic N) is 4. The molecule has 0 amide bonds. The zero-order valence-electron chi connectivity index (χ0n) is 10.6. The molecule has 100 valence electrons. The van der Waals surface area contributed by atoms with Gasteiger partial charge >= 0.3 is 0 Å². The summed E-state index contributed by atoms with van der Waals surface area (Å²) >= 11 is 0. The lowest BCUT2D eigenvalue weighted by molar-refractivity contribution is 0.413. The van der Waals surface area contributed by atoms with Crippen molar-refractivity contribution in [2.24, 2.45) is 0 Å². The molecule has 2 N–H and O–H groups in total. The predicted molar refractivity (Wildman–Crippen MR) is 71.7 cm³/mol. The van der Waals surface area contributed by atoms with Crippen LogP contribution in [0.15, 0.2) is 41.2 Å². The third-order valence-electron chi connectivity index (χ3n) is 2.68. The van der Waals surface area contributed by atoms with Gasteiger partial charge in [-0.3, -0.25) is 0 Å². The van der Waals surface area contributed by atoms with Crippen LogP contribution >= 0.6 is 0 Å². The molecular formula is C13H11N5O2. The SMILES string of the molecule is COc1ccc(N)c(-c2nc(-c3ncccn3)no2)c1. The maximum Gasteiger partial charge on any atom is 0.260 e. The van der Waals surface area contributed by atoms with E-state index >= 15 is 0 Å². The minimum absolute atomic E-state index is 0.295. The van der Waals surface area contributed by atoms with Gasteiger partial charge in [0.2, 0.25) is 11.6 Å². The predicted octanol–water partition coefficient (Wildman–Crippen LogP) is 1.78. The van der Waals surface area contributed by atoms with E-state index in [-0.39, 0.29) is 0 Å². The van der Waals surface area contributed by atoms with E-state index in [0.29, 0.717) is 34.5 Å². The molecule has 2 aromatic heterocycles. The summed E-state index contributed by atoms with van der Waals surface area (Å²) < 4.78 is 10.4. The van der Waals surface area contributed by atoms with Crippen molar-refractivity contribution < 1.29 is 9.26 Å². The summed E-state index contributed by atoms with van der Waals surface area (Å²) in [7, 11) is 1.58. The monoisotopic (exact) mass is 269 g/mol. The lowest BCUT2D eigenvalue weighted by Gasteiger charge is -2.03. The zero-order valence-corrected chi connectivity index (χ0v) is 10.6. The largest absolute Gasteiger partial charge is 0.497 e. The maximum atomic E-state index is 5.91. The molecule has 7 heteroatoms. The van der Waals surface area contributed by atoms with Gasteiger partial charge in [0.05, 0.1) is 12.7 Å². The van der Waals surface area contributed by atoms with Crippen molar-refractivity contribution in [2.75, 3.05) is 12.8 Å². The Morgan fingerprint density at radius 2 is 1.95 bits per heavy atom. The van der Waals surface area contributed by atoms with Crippen LogP contribution in [-0.4, -0.2) is 27.2 Å². The number of aromatic nitrogens is 4. The lowest BCUT2D eigenvalue weighted by atomic mass is 10.1. The number of ether oxygens (including phenoxy) is 1. The first-order valence-corrected chi connectivity index (χ1v) is 5.83. The summed E-state index contributed by atoms with van der Waals surface area (Å²) in [6.45, 7) is 0. The summed E-state index contributed by atoms with van der Waals surface area (Å²) in [6, 6.07) is 6.93. The smallest absolute Gasteiger partial charge is 0.260 e. The molecule has 0 saturated carbocycles. The van der Waals surface area contributed by atoms with Gasteiger partial charge in [-0.05, 0) is 24.3 Å². The minimum atomic E-state index is 0.295. The molecule has 0 radical (unpaired) electrons. The van der Waals surface area contributed by atoms with Crippen LogP contribution in [0.4, 0.5) is 5.69 Å². The molecular weight excluding hydrogens is 258 g/mol. The number of hydrogen-bond acceptors (Lipinski definition) is 7. The van der Waals surface area contributed by atoms with E-state index in [1.807, 2.05) is 0 Å². The fourth-order valence-corrected chi connectivity index (χ4v) is 1.69. The van der Waals surface area contributed by atoms with Crippen LogP contribution in [0.3, 0.4) is 0 Å². The third-order valence-corrected chi connectivity index (χ3v) is 2.68. The van der Waals surface area contributed by atoms with Crippen molar-refractivity contribution in [3.8, 4) is 28.9 Å². The number of rotatable bonds is 3. The molecule has 3 aromatic rings. The molecule has 1 aromatic carbocycles. The average molecular weight is 269 g/mol. The van der Waals surface area contributed by atoms with Gasteiger partial charge in [-0.2, -0.15) is 4.98 Å². The molecule has 20 heavy (non-hydrogen) atoms. The number of methoxy groups -OCH3 is 1. The third kappa shape index (κ3) is 2.16. The number of nitrogen functional groups attached to an aromatic ring is 1. The van der Waals surface area contributed by atoms with Crippen molar-refractivity contribution >= 4 is 5.69 Å². The van der Waals surface area contributed by atoms with E-state index < -0.39 is 0 Å². The zero-order chi connectivity index (χ0) is 13.9. The van der Waals surface area contributed by atoms with Gasteiger partial charge in [-0.25, -0.2) is 9.97 Å². The summed E-state index contributed by atoms with van der Waals surface area (Å²) in [6.07, 6.45) is 3.22. The molecule has 2 heterocycles. The first-order chi connectivity index (χ1) is 9.78. The molecule has 0 spiro atoms. The summed E-state index contributed by atoms with van der Waals surface area (Å²) in [5.41, 5.74) is 7.04. The van der Waals surface area contributed by atoms with Gasteiger partial charge in [0.15, 0.2) is 0 Å². The number of anilines is 1. The highest BCUT2D eigenvalue weighted by atomic mass is 16.5. The molecule has 0 unspecified atom stereocenters. The molecule has 0 atom stereocenters. The molecule has 0 saturated heterocycles. The topological polar surface area (TPSA) is 100.0 Å². The number of hydrogen-bond donors (Lipinski definition) is 1. The van der Waals surface area contributed by atoms with Gasteiger partial charge in [-0.1, -0.05) is 5.16 Å². The van der Waals surface area contributed by atoms with E-state index in [1.165, 1.54) is 0 Å². The normalized spacial score (nSPS) is 10.4. The Kier molecular flexibility index (Phi) is 3.00. The Labute approximate surface area is 114 Å². The molecule has 7 nitrogen and oxygen atoms in total. The number of nitrogens with two attached hydrogens (primary N) is 1. The van der Waals surface area contributed by atoms with Crippen LogP contribution in [0.1, 0.15) is 0 Å². The number of benzene rings is 1.